The summed E-state index contributed by atoms with van der Waals surface area (Å²) in [5, 5.41) is 11.8. The smallest absolute Gasteiger partial charge is 0.255 e. The highest BCUT2D eigenvalue weighted by Gasteiger charge is 2.32. The summed E-state index contributed by atoms with van der Waals surface area (Å²) in [6, 6.07) is 17.0. The Morgan fingerprint density at radius 2 is 1.89 bits per heavy atom. The topological polar surface area (TPSA) is 87.6 Å². The van der Waals surface area contributed by atoms with E-state index in [-0.39, 0.29) is 11.9 Å². The normalized spacial score (nSPS) is 16.0. The summed E-state index contributed by atoms with van der Waals surface area (Å²) >= 11 is 0. The SMILES string of the molecule is CC1=C(NC(=O)c2ccccc2)C(c2c[nH]c3ccccc23)n2ncnc2N1. The number of anilines is 1. The number of benzene rings is 2. The van der Waals surface area contributed by atoms with Crippen molar-refractivity contribution in [2.75, 3.05) is 5.32 Å². The van der Waals surface area contributed by atoms with E-state index >= 15 is 0 Å². The number of carbonyl (C=O) groups excluding carboxylic acids is 1. The van der Waals surface area contributed by atoms with Gasteiger partial charge in [-0.25, -0.2) is 4.68 Å². The average molecular weight is 370 g/mol. The minimum atomic E-state index is -0.303. The number of aromatic nitrogens is 4. The first-order chi connectivity index (χ1) is 13.7. The molecule has 0 fully saturated rings. The molecule has 4 aromatic rings. The third kappa shape index (κ3) is 2.56. The summed E-state index contributed by atoms with van der Waals surface area (Å²) in [7, 11) is 0. The molecule has 0 spiro atoms. The van der Waals surface area contributed by atoms with Crippen LogP contribution in [0.15, 0.2) is 78.5 Å². The molecule has 1 aliphatic heterocycles. The van der Waals surface area contributed by atoms with Crippen molar-refractivity contribution in [2.24, 2.45) is 0 Å². The second-order valence-electron chi connectivity index (χ2n) is 6.70. The Kier molecular flexibility index (Phi) is 3.72. The van der Waals surface area contributed by atoms with Gasteiger partial charge in [0.1, 0.15) is 12.4 Å². The maximum absolute atomic E-state index is 12.9. The van der Waals surface area contributed by atoms with Gasteiger partial charge in [-0.15, -0.1) is 0 Å². The van der Waals surface area contributed by atoms with Crippen LogP contribution in [0.4, 0.5) is 5.95 Å². The molecule has 138 valence electrons. The number of allylic oxidation sites excluding steroid dienone is 2. The van der Waals surface area contributed by atoms with Gasteiger partial charge in [-0.05, 0) is 25.1 Å². The second-order valence-corrected chi connectivity index (χ2v) is 6.70. The van der Waals surface area contributed by atoms with Gasteiger partial charge in [-0.3, -0.25) is 4.79 Å². The number of H-pyrrole nitrogens is 1. The number of fused-ring (bicyclic) bond motifs is 2. The number of aromatic amines is 1. The maximum atomic E-state index is 12.9. The van der Waals surface area contributed by atoms with Crippen LogP contribution in [0, 0.1) is 0 Å². The Hall–Kier alpha value is -3.87. The van der Waals surface area contributed by atoms with Crippen molar-refractivity contribution in [3.8, 4) is 0 Å². The predicted octanol–water partition coefficient (Wildman–Crippen LogP) is 3.44. The standard InChI is InChI=1S/C21H18N6O/c1-13-18(26-20(28)14-7-3-2-4-8-14)19(27-21(25-13)23-12-24-27)16-11-22-17-10-6-5-9-15(16)17/h2-12,19,22H,1H3,(H,26,28)(H,23,24,25). The largest absolute Gasteiger partial charge is 0.361 e. The molecular weight excluding hydrogens is 352 g/mol. The molecule has 3 heterocycles. The quantitative estimate of drug-likeness (QED) is 0.516. The van der Waals surface area contributed by atoms with Gasteiger partial charge >= 0.3 is 0 Å². The second kappa shape index (κ2) is 6.38. The number of carbonyl (C=O) groups is 1. The molecule has 1 amide bonds. The van der Waals surface area contributed by atoms with E-state index in [1.165, 1.54) is 6.33 Å². The van der Waals surface area contributed by atoms with Crippen LogP contribution in [0.3, 0.4) is 0 Å². The summed E-state index contributed by atoms with van der Waals surface area (Å²) < 4.78 is 1.79. The molecule has 2 aromatic heterocycles. The van der Waals surface area contributed by atoms with E-state index in [0.29, 0.717) is 11.5 Å². The van der Waals surface area contributed by atoms with E-state index < -0.39 is 0 Å². The monoisotopic (exact) mass is 370 g/mol. The molecule has 7 heteroatoms. The molecule has 0 bridgehead atoms. The molecule has 0 saturated heterocycles. The van der Waals surface area contributed by atoms with Crippen molar-refractivity contribution in [3.63, 3.8) is 0 Å². The highest BCUT2D eigenvalue weighted by molar-refractivity contribution is 5.95. The van der Waals surface area contributed by atoms with E-state index in [1.54, 1.807) is 16.8 Å². The Morgan fingerprint density at radius 3 is 2.75 bits per heavy atom. The van der Waals surface area contributed by atoms with Gasteiger partial charge in [0, 0.05) is 33.9 Å². The molecule has 1 aliphatic rings. The molecule has 3 N–H and O–H groups in total. The molecule has 7 nitrogen and oxygen atoms in total. The molecule has 5 rings (SSSR count). The van der Waals surface area contributed by atoms with Crippen LogP contribution < -0.4 is 10.6 Å². The van der Waals surface area contributed by atoms with Crippen molar-refractivity contribution < 1.29 is 4.79 Å². The minimum absolute atomic E-state index is 0.162. The van der Waals surface area contributed by atoms with Crippen molar-refractivity contribution in [2.45, 2.75) is 13.0 Å². The van der Waals surface area contributed by atoms with Gasteiger partial charge in [-0.1, -0.05) is 36.4 Å². The predicted molar refractivity (Wildman–Crippen MR) is 107 cm³/mol. The van der Waals surface area contributed by atoms with Gasteiger partial charge in [0.05, 0.1) is 5.70 Å². The van der Waals surface area contributed by atoms with E-state index in [9.17, 15) is 4.79 Å². The minimum Gasteiger partial charge on any atom is -0.361 e. The number of para-hydroxylation sites is 1. The van der Waals surface area contributed by atoms with E-state index in [4.69, 9.17) is 0 Å². The molecular formula is C21H18N6O. The zero-order valence-corrected chi connectivity index (χ0v) is 15.2. The fourth-order valence-electron chi connectivity index (χ4n) is 3.64. The van der Waals surface area contributed by atoms with Gasteiger partial charge < -0.3 is 15.6 Å². The summed E-state index contributed by atoms with van der Waals surface area (Å²) in [4.78, 5) is 20.5. The first-order valence-electron chi connectivity index (χ1n) is 9.02. The zero-order valence-electron chi connectivity index (χ0n) is 15.2. The summed E-state index contributed by atoms with van der Waals surface area (Å²) in [6.07, 6.45) is 3.48. The van der Waals surface area contributed by atoms with E-state index in [0.717, 1.165) is 27.9 Å². The molecule has 0 saturated carbocycles. The van der Waals surface area contributed by atoms with Gasteiger partial charge in [-0.2, -0.15) is 10.1 Å². The maximum Gasteiger partial charge on any atom is 0.255 e. The lowest BCUT2D eigenvalue weighted by Gasteiger charge is -2.29. The van der Waals surface area contributed by atoms with Crippen LogP contribution in [0.25, 0.3) is 10.9 Å². The molecule has 0 aliphatic carbocycles. The summed E-state index contributed by atoms with van der Waals surface area (Å²) in [5.74, 6) is 0.482. The Balaban J connectivity index is 1.62. The van der Waals surface area contributed by atoms with E-state index in [2.05, 4.69) is 31.8 Å². The highest BCUT2D eigenvalue weighted by Crippen LogP contribution is 2.36. The Labute approximate surface area is 161 Å². The van der Waals surface area contributed by atoms with Crippen molar-refractivity contribution >= 4 is 22.8 Å². The number of hydrogen-bond donors (Lipinski definition) is 3. The van der Waals surface area contributed by atoms with Gasteiger partial charge in [0.2, 0.25) is 5.95 Å². The molecule has 2 aromatic carbocycles. The van der Waals surface area contributed by atoms with Crippen LogP contribution in [0.5, 0.6) is 0 Å². The van der Waals surface area contributed by atoms with Crippen molar-refractivity contribution in [3.05, 3.63) is 89.6 Å². The molecule has 1 unspecified atom stereocenters. The van der Waals surface area contributed by atoms with Crippen LogP contribution in [-0.4, -0.2) is 25.7 Å². The van der Waals surface area contributed by atoms with Gasteiger partial charge in [0.15, 0.2) is 0 Å². The third-order valence-electron chi connectivity index (χ3n) is 4.99. The van der Waals surface area contributed by atoms with Crippen LogP contribution in [0.1, 0.15) is 28.9 Å². The van der Waals surface area contributed by atoms with E-state index in [1.807, 2.05) is 49.5 Å². The molecule has 28 heavy (non-hydrogen) atoms. The highest BCUT2D eigenvalue weighted by atomic mass is 16.1. The fourth-order valence-corrected chi connectivity index (χ4v) is 3.64. The lowest BCUT2D eigenvalue weighted by atomic mass is 10.00. The summed E-state index contributed by atoms with van der Waals surface area (Å²) in [5.41, 5.74) is 4.23. The third-order valence-corrected chi connectivity index (χ3v) is 4.99. The van der Waals surface area contributed by atoms with Crippen LogP contribution in [0.2, 0.25) is 0 Å². The number of nitrogens with one attached hydrogen (secondary N) is 3. The number of amides is 1. The first-order valence-corrected chi connectivity index (χ1v) is 9.02. The Bertz CT molecular complexity index is 1200. The van der Waals surface area contributed by atoms with Gasteiger partial charge in [0.25, 0.3) is 5.91 Å². The van der Waals surface area contributed by atoms with Crippen molar-refractivity contribution in [1.29, 1.82) is 0 Å². The zero-order chi connectivity index (χ0) is 19.1. The van der Waals surface area contributed by atoms with Crippen LogP contribution >= 0.6 is 0 Å². The lowest BCUT2D eigenvalue weighted by Crippen LogP contribution is -2.35. The molecule has 1 atom stereocenters. The number of rotatable bonds is 3. The fraction of sp³-hybridized carbons (Fsp3) is 0.0952. The van der Waals surface area contributed by atoms with Crippen molar-refractivity contribution in [1.82, 2.24) is 25.1 Å². The number of hydrogen-bond acceptors (Lipinski definition) is 4. The average Bonchev–Trinajstić information content (AvgIpc) is 3.36. The first kappa shape index (κ1) is 16.3. The Morgan fingerprint density at radius 1 is 1.11 bits per heavy atom. The lowest BCUT2D eigenvalue weighted by molar-refractivity contribution is 0.0961. The molecule has 0 radical (unpaired) electrons. The number of nitrogens with zero attached hydrogens (tertiary/aromatic N) is 3. The van der Waals surface area contributed by atoms with Crippen LogP contribution in [-0.2, 0) is 0 Å². The summed E-state index contributed by atoms with van der Waals surface area (Å²) in [6.45, 7) is 1.93.